The number of aryl methyl sites for hydroxylation is 2. The third-order valence-electron chi connectivity index (χ3n) is 3.54. The summed E-state index contributed by atoms with van der Waals surface area (Å²) in [6, 6.07) is 6.07. The molecule has 1 heterocycles. The quantitative estimate of drug-likeness (QED) is 0.878. The van der Waals surface area contributed by atoms with Gasteiger partial charge in [-0.1, -0.05) is 23.4 Å². The highest BCUT2D eigenvalue weighted by Gasteiger charge is 2.19. The molecule has 112 valence electrons. The lowest BCUT2D eigenvalue weighted by atomic mass is 10.0. The van der Waals surface area contributed by atoms with Crippen molar-refractivity contribution < 1.29 is 14.6 Å². The monoisotopic (exact) mass is 289 g/mol. The molecular weight excluding hydrogens is 270 g/mol. The lowest BCUT2D eigenvalue weighted by Crippen LogP contribution is -2.13. The van der Waals surface area contributed by atoms with E-state index in [4.69, 9.17) is 4.74 Å². The summed E-state index contributed by atoms with van der Waals surface area (Å²) in [7, 11) is 1.58. The van der Waals surface area contributed by atoms with E-state index in [0.717, 1.165) is 16.7 Å². The summed E-state index contributed by atoms with van der Waals surface area (Å²) < 4.78 is 6.69. The van der Waals surface area contributed by atoms with E-state index in [-0.39, 0.29) is 5.69 Å². The highest BCUT2D eigenvalue weighted by atomic mass is 16.5. The van der Waals surface area contributed by atoms with Crippen LogP contribution in [0, 0.1) is 13.8 Å². The lowest BCUT2D eigenvalue weighted by molar-refractivity contribution is 0.0688. The van der Waals surface area contributed by atoms with E-state index in [2.05, 4.69) is 10.3 Å². The van der Waals surface area contributed by atoms with E-state index < -0.39 is 5.97 Å². The first-order valence-corrected chi connectivity index (χ1v) is 6.74. The first-order chi connectivity index (χ1) is 10.0. The number of methoxy groups -OCH3 is 1. The summed E-state index contributed by atoms with van der Waals surface area (Å²) in [5.74, 6) is -1.06. The van der Waals surface area contributed by atoms with Crippen LogP contribution >= 0.6 is 0 Å². The number of aromatic nitrogens is 3. The smallest absolute Gasteiger partial charge is 0.358 e. The number of aromatic carboxylic acids is 1. The number of carboxylic acid groups (broad SMARTS) is 1. The van der Waals surface area contributed by atoms with Crippen LogP contribution in [0.3, 0.4) is 0 Å². The maximum absolute atomic E-state index is 11.2. The van der Waals surface area contributed by atoms with Crippen molar-refractivity contribution in [2.45, 2.75) is 26.8 Å². The van der Waals surface area contributed by atoms with Gasteiger partial charge in [0.05, 0.1) is 18.8 Å². The number of carbonyl (C=O) groups is 1. The number of hydrogen-bond acceptors (Lipinski definition) is 4. The van der Waals surface area contributed by atoms with Gasteiger partial charge in [0, 0.05) is 13.5 Å². The Hall–Kier alpha value is -2.21. The number of rotatable bonds is 6. The zero-order valence-corrected chi connectivity index (χ0v) is 12.5. The Bertz CT molecular complexity index is 629. The van der Waals surface area contributed by atoms with Gasteiger partial charge < -0.3 is 9.84 Å². The highest BCUT2D eigenvalue weighted by Crippen LogP contribution is 2.17. The lowest BCUT2D eigenvalue weighted by Gasteiger charge is -2.11. The van der Waals surface area contributed by atoms with Crippen LogP contribution in [0.2, 0.25) is 0 Å². The predicted octanol–water partition coefficient (Wildman–Crippen LogP) is 1.83. The molecule has 0 saturated heterocycles. The van der Waals surface area contributed by atoms with Crippen LogP contribution < -0.4 is 0 Å². The van der Waals surface area contributed by atoms with Crippen molar-refractivity contribution in [1.29, 1.82) is 0 Å². The molecule has 0 amide bonds. The van der Waals surface area contributed by atoms with Gasteiger partial charge in [-0.15, -0.1) is 5.10 Å². The number of ether oxygens (including phenoxy) is 1. The summed E-state index contributed by atoms with van der Waals surface area (Å²) in [5, 5.41) is 17.0. The molecular formula is C15H19N3O3. The second kappa shape index (κ2) is 6.49. The Balaban J connectivity index is 2.37. The second-order valence-electron chi connectivity index (χ2n) is 4.96. The van der Waals surface area contributed by atoms with Crippen LogP contribution in [0.15, 0.2) is 18.2 Å². The molecule has 0 aliphatic carbocycles. The molecule has 0 bridgehead atoms. The predicted molar refractivity (Wildman–Crippen MR) is 77.6 cm³/mol. The molecule has 21 heavy (non-hydrogen) atoms. The van der Waals surface area contributed by atoms with Crippen molar-refractivity contribution in [3.8, 4) is 0 Å². The van der Waals surface area contributed by atoms with E-state index in [0.29, 0.717) is 25.3 Å². The van der Waals surface area contributed by atoms with Gasteiger partial charge in [0.2, 0.25) is 0 Å². The molecule has 0 fully saturated rings. The number of nitrogens with zero attached hydrogens (tertiary/aromatic N) is 3. The van der Waals surface area contributed by atoms with Gasteiger partial charge in [0.1, 0.15) is 0 Å². The van der Waals surface area contributed by atoms with Gasteiger partial charge in [0.25, 0.3) is 0 Å². The number of hydrogen-bond donors (Lipinski definition) is 1. The Labute approximate surface area is 123 Å². The van der Waals surface area contributed by atoms with E-state index in [1.54, 1.807) is 11.8 Å². The minimum Gasteiger partial charge on any atom is -0.476 e. The summed E-state index contributed by atoms with van der Waals surface area (Å²) in [5.41, 5.74) is 4.03. The molecule has 0 aliphatic rings. The fourth-order valence-electron chi connectivity index (χ4n) is 2.32. The van der Waals surface area contributed by atoms with Gasteiger partial charge in [-0.25, -0.2) is 9.48 Å². The van der Waals surface area contributed by atoms with Gasteiger partial charge in [-0.2, -0.15) is 0 Å². The van der Waals surface area contributed by atoms with Crippen LogP contribution in [0.5, 0.6) is 0 Å². The second-order valence-corrected chi connectivity index (χ2v) is 4.96. The van der Waals surface area contributed by atoms with Gasteiger partial charge >= 0.3 is 5.97 Å². The summed E-state index contributed by atoms with van der Waals surface area (Å²) in [6.07, 6.45) is 0.468. The molecule has 0 saturated carbocycles. The maximum atomic E-state index is 11.2. The van der Waals surface area contributed by atoms with Crippen LogP contribution in [0.25, 0.3) is 0 Å². The molecule has 1 N–H and O–H groups in total. The van der Waals surface area contributed by atoms with Gasteiger partial charge in [0.15, 0.2) is 5.69 Å². The Morgan fingerprint density at radius 2 is 2.00 bits per heavy atom. The fraction of sp³-hybridized carbons (Fsp3) is 0.400. The molecule has 1 aromatic heterocycles. The van der Waals surface area contributed by atoms with Crippen LogP contribution in [-0.2, 0) is 17.7 Å². The Kier molecular flexibility index (Phi) is 4.70. The van der Waals surface area contributed by atoms with Gasteiger partial charge in [-0.05, 0) is 30.5 Å². The number of benzene rings is 1. The van der Waals surface area contributed by atoms with Crippen LogP contribution in [0.4, 0.5) is 0 Å². The topological polar surface area (TPSA) is 77.2 Å². The van der Waals surface area contributed by atoms with Crippen LogP contribution in [-0.4, -0.2) is 39.8 Å². The van der Waals surface area contributed by atoms with Gasteiger partial charge in [-0.3, -0.25) is 0 Å². The molecule has 0 atom stereocenters. The molecule has 1 aromatic carbocycles. The molecule has 2 rings (SSSR count). The fourth-order valence-corrected chi connectivity index (χ4v) is 2.32. The molecule has 6 nitrogen and oxygen atoms in total. The zero-order chi connectivity index (χ0) is 15.4. The number of carboxylic acids is 1. The average Bonchev–Trinajstić information content (AvgIpc) is 2.83. The SMILES string of the molecule is COCCc1c(C(=O)O)nnn1Cc1c(C)cccc1C. The molecule has 0 radical (unpaired) electrons. The first-order valence-electron chi connectivity index (χ1n) is 6.74. The molecule has 0 unspecified atom stereocenters. The van der Waals surface area contributed by atoms with E-state index in [1.807, 2.05) is 32.0 Å². The van der Waals surface area contributed by atoms with E-state index in [9.17, 15) is 9.90 Å². The maximum Gasteiger partial charge on any atom is 0.358 e. The van der Waals surface area contributed by atoms with E-state index >= 15 is 0 Å². The third kappa shape index (κ3) is 3.28. The van der Waals surface area contributed by atoms with Crippen molar-refractivity contribution in [2.24, 2.45) is 0 Å². The molecule has 6 heteroatoms. The summed E-state index contributed by atoms with van der Waals surface area (Å²) >= 11 is 0. The Morgan fingerprint density at radius 1 is 1.33 bits per heavy atom. The minimum absolute atomic E-state index is 0.00159. The normalized spacial score (nSPS) is 10.8. The van der Waals surface area contributed by atoms with Crippen molar-refractivity contribution in [1.82, 2.24) is 15.0 Å². The van der Waals surface area contributed by atoms with Crippen LogP contribution in [0.1, 0.15) is 32.9 Å². The first kappa shape index (κ1) is 15.2. The van der Waals surface area contributed by atoms with Crippen molar-refractivity contribution in [2.75, 3.05) is 13.7 Å². The molecule has 0 spiro atoms. The summed E-state index contributed by atoms with van der Waals surface area (Å²) in [6.45, 7) is 5.01. The van der Waals surface area contributed by atoms with E-state index in [1.165, 1.54) is 0 Å². The van der Waals surface area contributed by atoms with Crippen molar-refractivity contribution >= 4 is 5.97 Å². The largest absolute Gasteiger partial charge is 0.476 e. The van der Waals surface area contributed by atoms with Crippen molar-refractivity contribution in [3.63, 3.8) is 0 Å². The molecule has 2 aromatic rings. The minimum atomic E-state index is -1.06. The standard InChI is InChI=1S/C15H19N3O3/c1-10-5-4-6-11(2)12(10)9-18-13(7-8-21-3)14(15(19)20)16-17-18/h4-6H,7-9H2,1-3H3,(H,19,20). The zero-order valence-electron chi connectivity index (χ0n) is 12.5. The Morgan fingerprint density at radius 3 is 2.57 bits per heavy atom. The highest BCUT2D eigenvalue weighted by molar-refractivity contribution is 5.86. The van der Waals surface area contributed by atoms with Crippen molar-refractivity contribution in [3.05, 3.63) is 46.3 Å². The third-order valence-corrected chi connectivity index (χ3v) is 3.54. The summed E-state index contributed by atoms with van der Waals surface area (Å²) in [4.78, 5) is 11.2. The molecule has 0 aliphatic heterocycles. The average molecular weight is 289 g/mol.